The lowest BCUT2D eigenvalue weighted by atomic mass is 9.85. The van der Waals surface area contributed by atoms with Crippen molar-refractivity contribution in [2.45, 2.75) is 70.3 Å². The molecule has 2 aliphatic rings. The number of carbonyl (C=O) groups is 1. The molecule has 0 spiro atoms. The van der Waals surface area contributed by atoms with Gasteiger partial charge in [-0.1, -0.05) is 94.8 Å². The third-order valence-corrected chi connectivity index (χ3v) is 7.61. The summed E-state index contributed by atoms with van der Waals surface area (Å²) in [6, 6.07) is 19.1. The zero-order valence-corrected chi connectivity index (χ0v) is 19.9. The Kier molecular flexibility index (Phi) is 6.47. The molecule has 164 valence electrons. The Labute approximate surface area is 191 Å². The molecule has 1 unspecified atom stereocenters. The van der Waals surface area contributed by atoms with E-state index in [1.54, 1.807) is 11.8 Å². The van der Waals surface area contributed by atoms with Gasteiger partial charge < -0.3 is 10.2 Å². The third-order valence-electron chi connectivity index (χ3n) is 6.50. The van der Waals surface area contributed by atoms with Gasteiger partial charge in [0.25, 0.3) is 5.91 Å². The Morgan fingerprint density at radius 3 is 2.32 bits per heavy atom. The van der Waals surface area contributed by atoms with Gasteiger partial charge in [-0.2, -0.15) is 0 Å². The van der Waals surface area contributed by atoms with Crippen LogP contribution in [0.4, 0.5) is 5.69 Å². The van der Waals surface area contributed by atoms with Crippen molar-refractivity contribution >= 4 is 29.4 Å². The predicted octanol–water partition coefficient (Wildman–Crippen LogP) is 6.87. The van der Waals surface area contributed by atoms with E-state index in [-0.39, 0.29) is 16.8 Å². The fourth-order valence-electron chi connectivity index (χ4n) is 4.60. The summed E-state index contributed by atoms with van der Waals surface area (Å²) in [6.07, 6.45) is 6.83. The van der Waals surface area contributed by atoms with E-state index < -0.39 is 0 Å². The number of nitrogens with one attached hydrogen (secondary N) is 1. The Hall–Kier alpha value is -2.20. The zero-order valence-electron chi connectivity index (χ0n) is 19.1. The number of rotatable bonds is 4. The van der Waals surface area contributed by atoms with Gasteiger partial charge in [0.1, 0.15) is 0 Å². The SMILES string of the molecule is C[C@H]1CCCC[C@H]1N1C(=O)/C(=C/c2ccc(C(C)(C)C)cc2)SC1Nc1ccccc1. The monoisotopic (exact) mass is 434 g/mol. The lowest BCUT2D eigenvalue weighted by Crippen LogP contribution is -2.48. The van der Waals surface area contributed by atoms with E-state index in [0.717, 1.165) is 22.6 Å². The van der Waals surface area contributed by atoms with E-state index in [1.807, 2.05) is 18.2 Å². The number of para-hydroxylation sites is 1. The van der Waals surface area contributed by atoms with Crippen LogP contribution in [0.1, 0.15) is 64.5 Å². The Morgan fingerprint density at radius 2 is 1.68 bits per heavy atom. The first-order valence-corrected chi connectivity index (χ1v) is 12.3. The maximum Gasteiger partial charge on any atom is 0.262 e. The largest absolute Gasteiger partial charge is 0.356 e. The Balaban J connectivity index is 1.61. The van der Waals surface area contributed by atoms with Crippen LogP contribution in [0.3, 0.4) is 0 Å². The standard InChI is InChI=1S/C27H34N2OS/c1-19-10-8-9-13-23(19)29-25(30)24(31-26(29)28-22-11-6-5-7-12-22)18-20-14-16-21(17-15-20)27(2,3)4/h5-7,11-12,14-19,23,26,28H,8-10,13H2,1-4H3/b24-18-/t19-,23+,26?/m0/s1. The molecule has 2 aromatic carbocycles. The van der Waals surface area contributed by atoms with Gasteiger partial charge >= 0.3 is 0 Å². The molecule has 1 N–H and O–H groups in total. The molecule has 0 radical (unpaired) electrons. The van der Waals surface area contributed by atoms with Crippen molar-refractivity contribution in [2.75, 3.05) is 5.32 Å². The first-order chi connectivity index (χ1) is 14.8. The maximum atomic E-state index is 13.6. The summed E-state index contributed by atoms with van der Waals surface area (Å²) in [7, 11) is 0. The van der Waals surface area contributed by atoms with Crippen molar-refractivity contribution in [3.05, 3.63) is 70.6 Å². The Morgan fingerprint density at radius 1 is 1.00 bits per heavy atom. The van der Waals surface area contributed by atoms with Crippen molar-refractivity contribution in [3.8, 4) is 0 Å². The smallest absolute Gasteiger partial charge is 0.262 e. The molecule has 1 aliphatic heterocycles. The highest BCUT2D eigenvalue weighted by Gasteiger charge is 2.42. The summed E-state index contributed by atoms with van der Waals surface area (Å²) in [5, 5.41) is 3.61. The van der Waals surface area contributed by atoms with E-state index in [4.69, 9.17) is 0 Å². The average Bonchev–Trinajstić information content (AvgIpc) is 3.03. The van der Waals surface area contributed by atoms with Crippen molar-refractivity contribution in [1.82, 2.24) is 4.90 Å². The van der Waals surface area contributed by atoms with Crippen molar-refractivity contribution < 1.29 is 4.79 Å². The van der Waals surface area contributed by atoms with Gasteiger partial charge in [0.05, 0.1) is 4.91 Å². The maximum absolute atomic E-state index is 13.6. The molecule has 4 rings (SSSR count). The highest BCUT2D eigenvalue weighted by atomic mass is 32.2. The van der Waals surface area contributed by atoms with Crippen LogP contribution in [0.5, 0.6) is 0 Å². The number of hydrogen-bond donors (Lipinski definition) is 1. The molecule has 2 fully saturated rings. The minimum atomic E-state index is -0.0689. The summed E-state index contributed by atoms with van der Waals surface area (Å²) in [4.78, 5) is 16.5. The minimum absolute atomic E-state index is 0.0689. The summed E-state index contributed by atoms with van der Waals surface area (Å²) >= 11 is 1.65. The number of nitrogens with zero attached hydrogens (tertiary/aromatic N) is 1. The second-order valence-electron chi connectivity index (χ2n) is 9.90. The summed E-state index contributed by atoms with van der Waals surface area (Å²) in [6.45, 7) is 8.97. The molecule has 31 heavy (non-hydrogen) atoms. The lowest BCUT2D eigenvalue weighted by molar-refractivity contribution is -0.129. The van der Waals surface area contributed by atoms with Gasteiger partial charge in [0.15, 0.2) is 5.50 Å². The summed E-state index contributed by atoms with van der Waals surface area (Å²) in [5.74, 6) is 0.695. The summed E-state index contributed by atoms with van der Waals surface area (Å²) in [5.41, 5.74) is 3.50. The highest BCUT2D eigenvalue weighted by Crippen LogP contribution is 2.42. The lowest BCUT2D eigenvalue weighted by Gasteiger charge is -2.39. The van der Waals surface area contributed by atoms with Gasteiger partial charge in [-0.05, 0) is 53.5 Å². The second-order valence-corrected chi connectivity index (χ2v) is 11.0. The number of benzene rings is 2. The quantitative estimate of drug-likeness (QED) is 0.533. The number of amides is 1. The molecule has 1 aliphatic carbocycles. The van der Waals surface area contributed by atoms with Crippen LogP contribution in [0.25, 0.3) is 6.08 Å². The van der Waals surface area contributed by atoms with Crippen LogP contribution in [0, 0.1) is 5.92 Å². The highest BCUT2D eigenvalue weighted by molar-refractivity contribution is 8.05. The molecule has 1 saturated heterocycles. The fraction of sp³-hybridized carbons (Fsp3) is 0.444. The number of thioether (sulfide) groups is 1. The summed E-state index contributed by atoms with van der Waals surface area (Å²) < 4.78 is 0. The van der Waals surface area contributed by atoms with Crippen molar-refractivity contribution in [2.24, 2.45) is 5.92 Å². The molecule has 3 atom stereocenters. The van der Waals surface area contributed by atoms with Crippen LogP contribution in [0.15, 0.2) is 59.5 Å². The molecule has 0 bridgehead atoms. The predicted molar refractivity (Wildman–Crippen MR) is 133 cm³/mol. The fourth-order valence-corrected chi connectivity index (χ4v) is 5.81. The van der Waals surface area contributed by atoms with Crippen LogP contribution >= 0.6 is 11.8 Å². The average molecular weight is 435 g/mol. The third kappa shape index (κ3) is 5.01. The van der Waals surface area contributed by atoms with Crippen LogP contribution in [0.2, 0.25) is 0 Å². The topological polar surface area (TPSA) is 32.3 Å². The second kappa shape index (κ2) is 9.12. The number of anilines is 1. The van der Waals surface area contributed by atoms with E-state index in [9.17, 15) is 4.79 Å². The minimum Gasteiger partial charge on any atom is -0.356 e. The van der Waals surface area contributed by atoms with Crippen LogP contribution in [-0.2, 0) is 10.2 Å². The Bertz CT molecular complexity index is 930. The van der Waals surface area contributed by atoms with Crippen LogP contribution in [-0.4, -0.2) is 22.3 Å². The van der Waals surface area contributed by atoms with E-state index >= 15 is 0 Å². The molecule has 2 aromatic rings. The molecular weight excluding hydrogens is 400 g/mol. The first kappa shape index (κ1) is 22.0. The van der Waals surface area contributed by atoms with Gasteiger partial charge in [0, 0.05) is 11.7 Å². The number of hydrogen-bond acceptors (Lipinski definition) is 3. The van der Waals surface area contributed by atoms with E-state index in [1.165, 1.54) is 24.8 Å². The van der Waals surface area contributed by atoms with Gasteiger partial charge in [-0.25, -0.2) is 0 Å². The van der Waals surface area contributed by atoms with Crippen molar-refractivity contribution in [3.63, 3.8) is 0 Å². The molecule has 1 amide bonds. The van der Waals surface area contributed by atoms with E-state index in [2.05, 4.69) is 80.4 Å². The van der Waals surface area contributed by atoms with E-state index in [0.29, 0.717) is 12.0 Å². The van der Waals surface area contributed by atoms with Gasteiger partial charge in [0.2, 0.25) is 0 Å². The molecule has 0 aromatic heterocycles. The normalized spacial score (nSPS) is 25.8. The first-order valence-electron chi connectivity index (χ1n) is 11.5. The molecule has 1 heterocycles. The molecule has 3 nitrogen and oxygen atoms in total. The molecule has 4 heteroatoms. The number of carbonyl (C=O) groups excluding carboxylic acids is 1. The van der Waals surface area contributed by atoms with Gasteiger partial charge in [-0.15, -0.1) is 0 Å². The van der Waals surface area contributed by atoms with Gasteiger partial charge in [-0.3, -0.25) is 4.79 Å². The molecular formula is C27H34N2OS. The van der Waals surface area contributed by atoms with Crippen molar-refractivity contribution in [1.29, 1.82) is 0 Å². The van der Waals surface area contributed by atoms with Crippen LogP contribution < -0.4 is 5.32 Å². The molecule has 1 saturated carbocycles. The zero-order chi connectivity index (χ0) is 22.0.